The number of aromatic amines is 1. The molecule has 2 aromatic heterocycles. The zero-order valence-corrected chi connectivity index (χ0v) is 13.3. The Kier molecular flexibility index (Phi) is 4.34. The second-order valence-corrected chi connectivity index (χ2v) is 5.71. The summed E-state index contributed by atoms with van der Waals surface area (Å²) in [6.07, 6.45) is 1.98. The molecule has 0 fully saturated rings. The van der Waals surface area contributed by atoms with Gasteiger partial charge in [0.25, 0.3) is 0 Å². The summed E-state index contributed by atoms with van der Waals surface area (Å²) in [6, 6.07) is 16.3. The Bertz CT molecular complexity index is 756. The molecule has 0 aliphatic rings. The van der Waals surface area contributed by atoms with Crippen molar-refractivity contribution in [3.05, 3.63) is 60.4 Å². The van der Waals surface area contributed by atoms with Gasteiger partial charge in [0.2, 0.25) is 5.88 Å². The van der Waals surface area contributed by atoms with E-state index >= 15 is 0 Å². The molecule has 0 atom stereocenters. The zero-order chi connectivity index (χ0) is 15.4. The number of H-pyrrole nitrogens is 1. The van der Waals surface area contributed by atoms with Crippen molar-refractivity contribution in [1.82, 2.24) is 9.97 Å². The Morgan fingerprint density at radius 3 is 2.73 bits per heavy atom. The van der Waals surface area contributed by atoms with Gasteiger partial charge < -0.3 is 14.4 Å². The molecule has 4 nitrogen and oxygen atoms in total. The first-order chi connectivity index (χ1) is 10.8. The number of hydrogen-bond acceptors (Lipinski definition) is 4. The SMILES string of the molecule is COc1nc(C)ccc1NSc1c[nH]c(-c2ccccc2)c1. The van der Waals surface area contributed by atoms with Crippen LogP contribution in [0.15, 0.2) is 59.6 Å². The third-order valence-electron chi connectivity index (χ3n) is 3.21. The Morgan fingerprint density at radius 1 is 1.14 bits per heavy atom. The van der Waals surface area contributed by atoms with Crippen LogP contribution in [0.25, 0.3) is 11.3 Å². The van der Waals surface area contributed by atoms with E-state index in [1.165, 1.54) is 17.5 Å². The molecule has 0 amide bonds. The van der Waals surface area contributed by atoms with E-state index in [0.29, 0.717) is 5.88 Å². The standard InChI is InChI=1S/C17H17N3OS/c1-12-8-9-15(17(19-12)21-2)20-22-14-10-16(18-11-14)13-6-4-3-5-7-13/h3-11,18,20H,1-2H3. The fourth-order valence-electron chi connectivity index (χ4n) is 2.10. The van der Waals surface area contributed by atoms with Crippen molar-refractivity contribution < 1.29 is 4.74 Å². The molecule has 3 aromatic rings. The summed E-state index contributed by atoms with van der Waals surface area (Å²) in [5, 5.41) is 0. The average Bonchev–Trinajstić information content (AvgIpc) is 3.03. The second-order valence-electron chi connectivity index (χ2n) is 4.83. The molecule has 2 N–H and O–H groups in total. The van der Waals surface area contributed by atoms with Crippen LogP contribution in [-0.2, 0) is 0 Å². The van der Waals surface area contributed by atoms with Crippen LogP contribution in [0.2, 0.25) is 0 Å². The van der Waals surface area contributed by atoms with Crippen LogP contribution in [0.4, 0.5) is 5.69 Å². The van der Waals surface area contributed by atoms with Gasteiger partial charge in [0.05, 0.1) is 7.11 Å². The largest absolute Gasteiger partial charge is 0.479 e. The van der Waals surface area contributed by atoms with Gasteiger partial charge in [-0.2, -0.15) is 0 Å². The minimum absolute atomic E-state index is 0.603. The maximum Gasteiger partial charge on any atom is 0.238 e. The molecule has 0 saturated heterocycles. The first-order valence-electron chi connectivity index (χ1n) is 6.94. The summed E-state index contributed by atoms with van der Waals surface area (Å²) in [4.78, 5) is 8.74. The fourth-order valence-corrected chi connectivity index (χ4v) is 2.78. The first-order valence-corrected chi connectivity index (χ1v) is 7.76. The van der Waals surface area contributed by atoms with E-state index in [1.807, 2.05) is 43.5 Å². The number of benzene rings is 1. The van der Waals surface area contributed by atoms with Gasteiger partial charge in [0.15, 0.2) is 0 Å². The number of aryl methyl sites for hydroxylation is 1. The molecule has 22 heavy (non-hydrogen) atoms. The molecular formula is C17H17N3OS. The van der Waals surface area contributed by atoms with Crippen molar-refractivity contribution in [3.8, 4) is 17.1 Å². The van der Waals surface area contributed by atoms with Crippen LogP contribution >= 0.6 is 11.9 Å². The van der Waals surface area contributed by atoms with E-state index in [4.69, 9.17) is 4.74 Å². The summed E-state index contributed by atoms with van der Waals surface area (Å²) < 4.78 is 8.58. The predicted octanol–water partition coefficient (Wildman–Crippen LogP) is 4.51. The third-order valence-corrected chi connectivity index (χ3v) is 4.01. The van der Waals surface area contributed by atoms with E-state index in [2.05, 4.69) is 32.9 Å². The molecule has 0 aliphatic carbocycles. The van der Waals surface area contributed by atoms with Crippen molar-refractivity contribution in [1.29, 1.82) is 0 Å². The van der Waals surface area contributed by atoms with Crippen molar-refractivity contribution in [2.45, 2.75) is 11.8 Å². The molecule has 2 heterocycles. The highest BCUT2D eigenvalue weighted by molar-refractivity contribution is 8.00. The monoisotopic (exact) mass is 311 g/mol. The minimum atomic E-state index is 0.603. The number of nitrogens with one attached hydrogen (secondary N) is 2. The summed E-state index contributed by atoms with van der Waals surface area (Å²) in [5.41, 5.74) is 4.06. The lowest BCUT2D eigenvalue weighted by Gasteiger charge is -2.09. The molecule has 3 rings (SSSR count). The highest BCUT2D eigenvalue weighted by atomic mass is 32.2. The Balaban J connectivity index is 1.71. The lowest BCUT2D eigenvalue weighted by molar-refractivity contribution is 0.399. The number of aromatic nitrogens is 2. The van der Waals surface area contributed by atoms with E-state index in [9.17, 15) is 0 Å². The van der Waals surface area contributed by atoms with Crippen LogP contribution in [0.3, 0.4) is 0 Å². The molecule has 0 spiro atoms. The summed E-state index contributed by atoms with van der Waals surface area (Å²) in [6.45, 7) is 1.94. The van der Waals surface area contributed by atoms with Crippen LogP contribution < -0.4 is 9.46 Å². The van der Waals surface area contributed by atoms with Gasteiger partial charge >= 0.3 is 0 Å². The second kappa shape index (κ2) is 6.58. The van der Waals surface area contributed by atoms with Gasteiger partial charge in [0.1, 0.15) is 5.69 Å². The molecule has 0 aliphatic heterocycles. The Morgan fingerprint density at radius 2 is 1.95 bits per heavy atom. The summed E-state index contributed by atoms with van der Waals surface area (Å²) in [5.74, 6) is 0.603. The number of hydrogen-bond donors (Lipinski definition) is 2. The van der Waals surface area contributed by atoms with Crippen LogP contribution in [0, 0.1) is 6.92 Å². The van der Waals surface area contributed by atoms with Crippen LogP contribution in [0.1, 0.15) is 5.69 Å². The number of nitrogens with zero attached hydrogens (tertiary/aromatic N) is 1. The maximum atomic E-state index is 5.29. The number of ether oxygens (including phenoxy) is 1. The van der Waals surface area contributed by atoms with E-state index in [-0.39, 0.29) is 0 Å². The van der Waals surface area contributed by atoms with Gasteiger partial charge in [-0.1, -0.05) is 30.3 Å². The molecular weight excluding hydrogens is 294 g/mol. The van der Waals surface area contributed by atoms with Crippen LogP contribution in [-0.4, -0.2) is 17.1 Å². The summed E-state index contributed by atoms with van der Waals surface area (Å²) >= 11 is 1.52. The molecule has 5 heteroatoms. The zero-order valence-electron chi connectivity index (χ0n) is 12.5. The minimum Gasteiger partial charge on any atom is -0.479 e. The normalized spacial score (nSPS) is 10.5. The topological polar surface area (TPSA) is 49.9 Å². The number of pyridine rings is 1. The third kappa shape index (κ3) is 3.26. The van der Waals surface area contributed by atoms with E-state index in [0.717, 1.165) is 22.0 Å². The fraction of sp³-hybridized carbons (Fsp3) is 0.118. The van der Waals surface area contributed by atoms with E-state index in [1.54, 1.807) is 7.11 Å². The number of rotatable bonds is 5. The molecule has 112 valence electrons. The number of methoxy groups -OCH3 is 1. The van der Waals surface area contributed by atoms with Gasteiger partial charge in [-0.05, 0) is 42.6 Å². The van der Waals surface area contributed by atoms with Crippen molar-refractivity contribution in [3.63, 3.8) is 0 Å². The molecule has 1 aromatic carbocycles. The first kappa shape index (κ1) is 14.5. The predicted molar refractivity (Wildman–Crippen MR) is 91.2 cm³/mol. The highest BCUT2D eigenvalue weighted by Crippen LogP contribution is 2.29. The Labute approximate surface area is 134 Å². The van der Waals surface area contributed by atoms with Crippen molar-refractivity contribution in [2.24, 2.45) is 0 Å². The lowest BCUT2D eigenvalue weighted by Crippen LogP contribution is -1.95. The quantitative estimate of drug-likeness (QED) is 0.681. The molecule has 0 saturated carbocycles. The van der Waals surface area contributed by atoms with Gasteiger partial charge in [-0.15, -0.1) is 0 Å². The van der Waals surface area contributed by atoms with E-state index < -0.39 is 0 Å². The van der Waals surface area contributed by atoms with Gasteiger partial charge in [-0.25, -0.2) is 4.98 Å². The maximum absolute atomic E-state index is 5.29. The Hall–Kier alpha value is -2.40. The molecule has 0 bridgehead atoms. The van der Waals surface area contributed by atoms with Crippen LogP contribution in [0.5, 0.6) is 5.88 Å². The van der Waals surface area contributed by atoms with Crippen molar-refractivity contribution in [2.75, 3.05) is 11.8 Å². The van der Waals surface area contributed by atoms with Gasteiger partial charge in [0, 0.05) is 22.5 Å². The van der Waals surface area contributed by atoms with Gasteiger partial charge in [-0.3, -0.25) is 0 Å². The number of anilines is 1. The molecule has 0 radical (unpaired) electrons. The smallest absolute Gasteiger partial charge is 0.238 e. The summed E-state index contributed by atoms with van der Waals surface area (Å²) in [7, 11) is 1.63. The van der Waals surface area contributed by atoms with Crippen molar-refractivity contribution >= 4 is 17.6 Å². The lowest BCUT2D eigenvalue weighted by atomic mass is 10.2. The highest BCUT2D eigenvalue weighted by Gasteiger charge is 2.07. The average molecular weight is 311 g/mol. The molecule has 0 unspecified atom stereocenters.